The Morgan fingerprint density at radius 3 is 2.29 bits per heavy atom. The minimum atomic E-state index is 0.551. The van der Waals surface area contributed by atoms with E-state index in [0.717, 1.165) is 25.1 Å². The highest BCUT2D eigenvalue weighted by Crippen LogP contribution is 2.12. The third-order valence-electron chi connectivity index (χ3n) is 1.98. The molecule has 3 heteroatoms. The third-order valence-corrected chi connectivity index (χ3v) is 1.98. The van der Waals surface area contributed by atoms with Crippen LogP contribution < -0.4 is 16.2 Å². The fraction of sp³-hybridized carbons (Fsp3) is 0.455. The van der Waals surface area contributed by atoms with Crippen LogP contribution in [-0.2, 0) is 6.42 Å². The zero-order valence-corrected chi connectivity index (χ0v) is 8.41. The van der Waals surface area contributed by atoms with Crippen molar-refractivity contribution in [2.45, 2.75) is 12.8 Å². The van der Waals surface area contributed by atoms with E-state index < -0.39 is 0 Å². The highest BCUT2D eigenvalue weighted by Gasteiger charge is 1.94. The molecule has 0 aliphatic carbocycles. The molecule has 0 fully saturated rings. The van der Waals surface area contributed by atoms with E-state index in [-0.39, 0.29) is 0 Å². The first-order valence-electron chi connectivity index (χ1n) is 4.98. The molecule has 4 N–H and O–H groups in total. The lowest BCUT2D eigenvalue weighted by Crippen LogP contribution is -2.10. The molecule has 3 nitrogen and oxygen atoms in total. The first kappa shape index (κ1) is 11.0. The van der Waals surface area contributed by atoms with Crippen LogP contribution in [-0.4, -0.2) is 19.7 Å². The van der Waals surface area contributed by atoms with E-state index in [1.807, 2.05) is 12.1 Å². The minimum Gasteiger partial charge on any atom is -0.492 e. The van der Waals surface area contributed by atoms with Crippen LogP contribution in [0.4, 0.5) is 0 Å². The Morgan fingerprint density at radius 1 is 1.00 bits per heavy atom. The standard InChI is InChI=1S/C11H18N2O/c12-7-1-2-10-3-5-11(6-4-10)14-9-8-13/h3-6H,1-2,7-9,12-13H2. The smallest absolute Gasteiger partial charge is 0.119 e. The van der Waals surface area contributed by atoms with Crippen LogP contribution in [0.25, 0.3) is 0 Å². The summed E-state index contributed by atoms with van der Waals surface area (Å²) in [5, 5.41) is 0. The molecular formula is C11H18N2O. The van der Waals surface area contributed by atoms with Crippen molar-refractivity contribution in [1.29, 1.82) is 0 Å². The molecule has 0 aliphatic rings. The molecule has 78 valence electrons. The van der Waals surface area contributed by atoms with E-state index in [9.17, 15) is 0 Å². The van der Waals surface area contributed by atoms with E-state index in [4.69, 9.17) is 16.2 Å². The van der Waals surface area contributed by atoms with Gasteiger partial charge in [0.05, 0.1) is 0 Å². The van der Waals surface area contributed by atoms with Crippen molar-refractivity contribution >= 4 is 0 Å². The quantitative estimate of drug-likeness (QED) is 0.707. The van der Waals surface area contributed by atoms with Crippen LogP contribution in [0.2, 0.25) is 0 Å². The zero-order chi connectivity index (χ0) is 10.2. The molecule has 0 spiro atoms. The van der Waals surface area contributed by atoms with Crippen LogP contribution in [0, 0.1) is 0 Å². The Labute approximate surface area is 85.0 Å². The van der Waals surface area contributed by atoms with Crippen molar-refractivity contribution in [2.75, 3.05) is 19.7 Å². The number of hydrogen-bond acceptors (Lipinski definition) is 3. The number of ether oxygens (including phenoxy) is 1. The molecule has 0 bridgehead atoms. The van der Waals surface area contributed by atoms with Crippen LogP contribution in [0.1, 0.15) is 12.0 Å². The lowest BCUT2D eigenvalue weighted by molar-refractivity contribution is 0.328. The predicted molar refractivity (Wildman–Crippen MR) is 58.4 cm³/mol. The first-order valence-corrected chi connectivity index (χ1v) is 4.98. The fourth-order valence-electron chi connectivity index (χ4n) is 1.24. The van der Waals surface area contributed by atoms with Crippen LogP contribution >= 0.6 is 0 Å². The molecule has 0 saturated heterocycles. The lowest BCUT2D eigenvalue weighted by Gasteiger charge is -2.05. The summed E-state index contributed by atoms with van der Waals surface area (Å²) in [7, 11) is 0. The van der Waals surface area contributed by atoms with Gasteiger partial charge < -0.3 is 16.2 Å². The number of benzene rings is 1. The molecule has 0 heterocycles. The third kappa shape index (κ3) is 3.77. The number of hydrogen-bond donors (Lipinski definition) is 2. The molecular weight excluding hydrogens is 176 g/mol. The molecule has 0 radical (unpaired) electrons. The first-order chi connectivity index (χ1) is 6.86. The molecule has 0 atom stereocenters. The van der Waals surface area contributed by atoms with Crippen molar-refractivity contribution in [2.24, 2.45) is 11.5 Å². The Bertz CT molecular complexity index is 219. The summed E-state index contributed by atoms with van der Waals surface area (Å²) >= 11 is 0. The normalized spacial score (nSPS) is 10.1. The highest BCUT2D eigenvalue weighted by atomic mass is 16.5. The maximum absolute atomic E-state index is 5.43. The predicted octanol–water partition coefficient (Wildman–Crippen LogP) is 0.915. The number of nitrogens with two attached hydrogens (primary N) is 2. The number of aryl methyl sites for hydroxylation is 1. The monoisotopic (exact) mass is 194 g/mol. The molecule has 0 unspecified atom stereocenters. The van der Waals surface area contributed by atoms with Crippen molar-refractivity contribution < 1.29 is 4.74 Å². The van der Waals surface area contributed by atoms with E-state index in [0.29, 0.717) is 13.2 Å². The molecule has 0 saturated carbocycles. The second kappa shape index (κ2) is 6.40. The molecule has 1 aromatic carbocycles. The SMILES string of the molecule is NCCCc1ccc(OCCN)cc1. The second-order valence-corrected chi connectivity index (χ2v) is 3.17. The molecule has 1 aromatic rings. The van der Waals surface area contributed by atoms with Gasteiger partial charge in [-0.25, -0.2) is 0 Å². The van der Waals surface area contributed by atoms with Crippen molar-refractivity contribution in [3.8, 4) is 5.75 Å². The summed E-state index contributed by atoms with van der Waals surface area (Å²) in [6, 6.07) is 8.09. The highest BCUT2D eigenvalue weighted by molar-refractivity contribution is 5.27. The summed E-state index contributed by atoms with van der Waals surface area (Å²) < 4.78 is 5.36. The van der Waals surface area contributed by atoms with E-state index in [1.165, 1.54) is 5.56 Å². The average Bonchev–Trinajstić information content (AvgIpc) is 2.25. The molecule has 0 aromatic heterocycles. The van der Waals surface area contributed by atoms with Gasteiger partial charge in [-0.2, -0.15) is 0 Å². The van der Waals surface area contributed by atoms with Crippen LogP contribution in [0.3, 0.4) is 0 Å². The van der Waals surface area contributed by atoms with E-state index in [2.05, 4.69) is 12.1 Å². The van der Waals surface area contributed by atoms with Gasteiger partial charge in [-0.3, -0.25) is 0 Å². The van der Waals surface area contributed by atoms with Gasteiger partial charge in [0.1, 0.15) is 12.4 Å². The average molecular weight is 194 g/mol. The summed E-state index contributed by atoms with van der Waals surface area (Å²) in [5.41, 5.74) is 12.1. The maximum atomic E-state index is 5.43. The van der Waals surface area contributed by atoms with Gasteiger partial charge >= 0.3 is 0 Å². The van der Waals surface area contributed by atoms with Crippen LogP contribution in [0.15, 0.2) is 24.3 Å². The van der Waals surface area contributed by atoms with Gasteiger partial charge in [0.2, 0.25) is 0 Å². The Morgan fingerprint density at radius 2 is 1.71 bits per heavy atom. The summed E-state index contributed by atoms with van der Waals surface area (Å²) in [4.78, 5) is 0. The van der Waals surface area contributed by atoms with Gasteiger partial charge in [0.15, 0.2) is 0 Å². The summed E-state index contributed by atoms with van der Waals surface area (Å²) in [5.74, 6) is 0.881. The molecule has 0 amide bonds. The van der Waals surface area contributed by atoms with Crippen molar-refractivity contribution in [1.82, 2.24) is 0 Å². The topological polar surface area (TPSA) is 61.3 Å². The van der Waals surface area contributed by atoms with E-state index in [1.54, 1.807) is 0 Å². The van der Waals surface area contributed by atoms with Crippen molar-refractivity contribution in [3.05, 3.63) is 29.8 Å². The minimum absolute atomic E-state index is 0.551. The Hall–Kier alpha value is -1.06. The van der Waals surface area contributed by atoms with Gasteiger partial charge in [-0.15, -0.1) is 0 Å². The van der Waals surface area contributed by atoms with Gasteiger partial charge in [0.25, 0.3) is 0 Å². The second-order valence-electron chi connectivity index (χ2n) is 3.17. The Balaban J connectivity index is 2.42. The molecule has 1 rings (SSSR count). The Kier molecular flexibility index (Phi) is 5.04. The van der Waals surface area contributed by atoms with Gasteiger partial charge in [-0.05, 0) is 37.1 Å². The largest absolute Gasteiger partial charge is 0.492 e. The maximum Gasteiger partial charge on any atom is 0.119 e. The fourth-order valence-corrected chi connectivity index (χ4v) is 1.24. The van der Waals surface area contributed by atoms with Crippen LogP contribution in [0.5, 0.6) is 5.75 Å². The van der Waals surface area contributed by atoms with Gasteiger partial charge in [0, 0.05) is 6.54 Å². The summed E-state index contributed by atoms with van der Waals surface area (Å²) in [6.07, 6.45) is 2.07. The number of rotatable bonds is 6. The lowest BCUT2D eigenvalue weighted by atomic mass is 10.1. The van der Waals surface area contributed by atoms with Gasteiger partial charge in [-0.1, -0.05) is 12.1 Å². The zero-order valence-electron chi connectivity index (χ0n) is 8.41. The van der Waals surface area contributed by atoms with Crippen molar-refractivity contribution in [3.63, 3.8) is 0 Å². The molecule has 14 heavy (non-hydrogen) atoms. The van der Waals surface area contributed by atoms with E-state index >= 15 is 0 Å². The molecule has 0 aliphatic heterocycles. The summed E-state index contributed by atoms with van der Waals surface area (Å²) in [6.45, 7) is 1.86.